The quantitative estimate of drug-likeness (QED) is 0.617. The number of carbonyl (C=O) groups is 1. The molecule has 0 aliphatic heterocycles. The fourth-order valence-corrected chi connectivity index (χ4v) is 1.41. The number of nitrogens with zero attached hydrogens (tertiary/aromatic N) is 1. The molecule has 1 rings (SSSR count). The molecular formula is C10H12BrNO2. The van der Waals surface area contributed by atoms with Gasteiger partial charge in [-0.15, -0.1) is 0 Å². The molecule has 0 aliphatic carbocycles. The van der Waals surface area contributed by atoms with E-state index in [1.165, 1.54) is 0 Å². The smallest absolute Gasteiger partial charge is 0.314 e. The van der Waals surface area contributed by atoms with E-state index in [1.54, 1.807) is 13.8 Å². The second-order valence-electron chi connectivity index (χ2n) is 2.86. The van der Waals surface area contributed by atoms with Crippen molar-refractivity contribution in [3.8, 4) is 0 Å². The highest BCUT2D eigenvalue weighted by Gasteiger charge is 2.17. The Kier molecular flexibility index (Phi) is 4.07. The standard InChI is InChI=1S/C10H12BrNO2/c1-3-14-10(13)7(2)8-5-4-6-9(11)12-8/h4-7H,3H2,1-2H3. The number of esters is 1. The van der Waals surface area contributed by atoms with Gasteiger partial charge in [0.1, 0.15) is 4.60 Å². The molecular weight excluding hydrogens is 246 g/mol. The largest absolute Gasteiger partial charge is 0.465 e. The van der Waals surface area contributed by atoms with E-state index in [4.69, 9.17) is 4.74 Å². The van der Waals surface area contributed by atoms with Crippen molar-refractivity contribution in [3.05, 3.63) is 28.5 Å². The lowest BCUT2D eigenvalue weighted by Crippen LogP contribution is -2.14. The molecule has 0 bridgehead atoms. The van der Waals surface area contributed by atoms with E-state index in [0.717, 1.165) is 10.3 Å². The number of ether oxygens (including phenoxy) is 1. The number of pyridine rings is 1. The maximum absolute atomic E-state index is 11.4. The molecule has 3 nitrogen and oxygen atoms in total. The van der Waals surface area contributed by atoms with Crippen molar-refractivity contribution in [2.24, 2.45) is 0 Å². The van der Waals surface area contributed by atoms with E-state index in [2.05, 4.69) is 20.9 Å². The van der Waals surface area contributed by atoms with Gasteiger partial charge in [0.15, 0.2) is 0 Å². The third kappa shape index (κ3) is 2.80. The van der Waals surface area contributed by atoms with Gasteiger partial charge in [-0.2, -0.15) is 0 Å². The summed E-state index contributed by atoms with van der Waals surface area (Å²) in [6.45, 7) is 3.98. The average Bonchev–Trinajstić information content (AvgIpc) is 2.17. The molecule has 1 unspecified atom stereocenters. The number of halogens is 1. The minimum atomic E-state index is -0.313. The second kappa shape index (κ2) is 5.10. The van der Waals surface area contributed by atoms with Crippen molar-refractivity contribution in [2.75, 3.05) is 6.61 Å². The molecule has 1 aromatic rings. The van der Waals surface area contributed by atoms with Crippen molar-refractivity contribution in [2.45, 2.75) is 19.8 Å². The molecule has 1 heterocycles. The average molecular weight is 258 g/mol. The Morgan fingerprint density at radius 3 is 2.93 bits per heavy atom. The summed E-state index contributed by atoms with van der Waals surface area (Å²) in [4.78, 5) is 15.6. The zero-order chi connectivity index (χ0) is 10.6. The minimum Gasteiger partial charge on any atom is -0.465 e. The topological polar surface area (TPSA) is 39.2 Å². The van der Waals surface area contributed by atoms with Gasteiger partial charge in [0.2, 0.25) is 0 Å². The van der Waals surface area contributed by atoms with Crippen molar-refractivity contribution in [1.29, 1.82) is 0 Å². The molecule has 0 saturated heterocycles. The molecule has 76 valence electrons. The molecule has 1 atom stereocenters. The van der Waals surface area contributed by atoms with E-state index in [-0.39, 0.29) is 11.9 Å². The van der Waals surface area contributed by atoms with Crippen LogP contribution in [0.1, 0.15) is 25.5 Å². The lowest BCUT2D eigenvalue weighted by Gasteiger charge is -2.09. The summed E-state index contributed by atoms with van der Waals surface area (Å²) in [5.74, 6) is -0.550. The van der Waals surface area contributed by atoms with Gasteiger partial charge in [-0.3, -0.25) is 4.79 Å². The van der Waals surface area contributed by atoms with Crippen LogP contribution in [0.4, 0.5) is 0 Å². The third-order valence-corrected chi connectivity index (χ3v) is 2.26. The number of aromatic nitrogens is 1. The molecule has 0 N–H and O–H groups in total. The predicted molar refractivity (Wildman–Crippen MR) is 57.0 cm³/mol. The van der Waals surface area contributed by atoms with Crippen LogP contribution in [0.2, 0.25) is 0 Å². The zero-order valence-electron chi connectivity index (χ0n) is 8.16. The normalized spacial score (nSPS) is 12.2. The first-order valence-electron chi connectivity index (χ1n) is 4.44. The number of hydrogen-bond acceptors (Lipinski definition) is 3. The van der Waals surface area contributed by atoms with Gasteiger partial charge in [-0.25, -0.2) is 4.98 Å². The van der Waals surface area contributed by atoms with Gasteiger partial charge >= 0.3 is 5.97 Å². The number of carbonyl (C=O) groups excluding carboxylic acids is 1. The molecule has 14 heavy (non-hydrogen) atoms. The summed E-state index contributed by atoms with van der Waals surface area (Å²) in [6.07, 6.45) is 0. The Morgan fingerprint density at radius 2 is 2.36 bits per heavy atom. The monoisotopic (exact) mass is 257 g/mol. The Bertz CT molecular complexity index is 328. The molecule has 0 spiro atoms. The maximum atomic E-state index is 11.4. The Morgan fingerprint density at radius 1 is 1.64 bits per heavy atom. The summed E-state index contributed by atoms with van der Waals surface area (Å²) in [5, 5.41) is 0. The molecule has 0 aliphatic rings. The summed E-state index contributed by atoms with van der Waals surface area (Å²) in [6, 6.07) is 5.48. The van der Waals surface area contributed by atoms with Gasteiger partial charge in [0.05, 0.1) is 18.2 Å². The van der Waals surface area contributed by atoms with Gasteiger partial charge < -0.3 is 4.74 Å². The van der Waals surface area contributed by atoms with Crippen LogP contribution in [0.15, 0.2) is 22.8 Å². The molecule has 1 aromatic heterocycles. The Labute approximate surface area is 91.6 Å². The SMILES string of the molecule is CCOC(=O)C(C)c1cccc(Br)n1. The van der Waals surface area contributed by atoms with Crippen LogP contribution in [0.25, 0.3) is 0 Å². The van der Waals surface area contributed by atoms with E-state index < -0.39 is 0 Å². The van der Waals surface area contributed by atoms with Crippen molar-refractivity contribution >= 4 is 21.9 Å². The Balaban J connectivity index is 2.78. The van der Waals surface area contributed by atoms with Crippen molar-refractivity contribution < 1.29 is 9.53 Å². The first-order valence-corrected chi connectivity index (χ1v) is 5.23. The van der Waals surface area contributed by atoms with Crippen LogP contribution in [0, 0.1) is 0 Å². The van der Waals surface area contributed by atoms with Crippen LogP contribution in [-0.4, -0.2) is 17.6 Å². The van der Waals surface area contributed by atoms with Crippen LogP contribution < -0.4 is 0 Å². The zero-order valence-corrected chi connectivity index (χ0v) is 9.74. The number of hydrogen-bond donors (Lipinski definition) is 0. The van der Waals surface area contributed by atoms with Gasteiger partial charge in [-0.05, 0) is 41.9 Å². The maximum Gasteiger partial charge on any atom is 0.314 e. The van der Waals surface area contributed by atoms with E-state index in [0.29, 0.717) is 6.61 Å². The van der Waals surface area contributed by atoms with Crippen molar-refractivity contribution in [3.63, 3.8) is 0 Å². The summed E-state index contributed by atoms with van der Waals surface area (Å²) in [5.41, 5.74) is 0.720. The van der Waals surface area contributed by atoms with E-state index in [9.17, 15) is 4.79 Å². The van der Waals surface area contributed by atoms with Crippen LogP contribution in [-0.2, 0) is 9.53 Å². The summed E-state index contributed by atoms with van der Waals surface area (Å²) >= 11 is 3.26. The van der Waals surface area contributed by atoms with Crippen LogP contribution in [0.5, 0.6) is 0 Å². The van der Waals surface area contributed by atoms with Crippen molar-refractivity contribution in [1.82, 2.24) is 4.98 Å². The lowest BCUT2D eigenvalue weighted by molar-refractivity contribution is -0.144. The molecule has 4 heteroatoms. The van der Waals surface area contributed by atoms with E-state index >= 15 is 0 Å². The highest BCUT2D eigenvalue weighted by atomic mass is 79.9. The predicted octanol–water partition coefficient (Wildman–Crippen LogP) is 2.51. The summed E-state index contributed by atoms with van der Waals surface area (Å²) in [7, 11) is 0. The van der Waals surface area contributed by atoms with Crippen LogP contribution >= 0.6 is 15.9 Å². The van der Waals surface area contributed by atoms with Crippen LogP contribution in [0.3, 0.4) is 0 Å². The van der Waals surface area contributed by atoms with Gasteiger partial charge in [0.25, 0.3) is 0 Å². The first kappa shape index (κ1) is 11.2. The third-order valence-electron chi connectivity index (χ3n) is 1.82. The Hall–Kier alpha value is -0.900. The molecule has 0 saturated carbocycles. The highest BCUT2D eigenvalue weighted by molar-refractivity contribution is 9.10. The van der Waals surface area contributed by atoms with E-state index in [1.807, 2.05) is 18.2 Å². The van der Waals surface area contributed by atoms with Gasteiger partial charge in [-0.1, -0.05) is 6.07 Å². The summed E-state index contributed by atoms with van der Waals surface area (Å²) < 4.78 is 5.63. The number of rotatable bonds is 3. The fourth-order valence-electron chi connectivity index (χ4n) is 1.05. The van der Waals surface area contributed by atoms with Gasteiger partial charge in [0, 0.05) is 0 Å². The molecule has 0 aromatic carbocycles. The lowest BCUT2D eigenvalue weighted by atomic mass is 10.1. The molecule has 0 amide bonds. The molecule has 0 radical (unpaired) electrons. The molecule has 0 fully saturated rings. The second-order valence-corrected chi connectivity index (χ2v) is 3.67. The first-order chi connectivity index (χ1) is 6.65. The fraction of sp³-hybridized carbons (Fsp3) is 0.400. The minimum absolute atomic E-state index is 0.238. The highest BCUT2D eigenvalue weighted by Crippen LogP contribution is 2.16.